The van der Waals surface area contributed by atoms with Gasteiger partial charge in [-0.25, -0.2) is 9.07 Å². The zero-order valence-electron chi connectivity index (χ0n) is 13.5. The van der Waals surface area contributed by atoms with Crippen LogP contribution in [0.1, 0.15) is 29.6 Å². The highest BCUT2D eigenvalue weighted by atomic mass is 79.9. The van der Waals surface area contributed by atoms with E-state index in [-0.39, 0.29) is 17.9 Å². The molecule has 7 heteroatoms. The molecule has 0 saturated heterocycles. The first-order chi connectivity index (χ1) is 12.2. The topological polar surface area (TPSA) is 52.0 Å². The summed E-state index contributed by atoms with van der Waals surface area (Å²) >= 11 is 3.53. The molecule has 128 valence electrons. The maximum absolute atomic E-state index is 13.3. The summed E-state index contributed by atoms with van der Waals surface area (Å²) in [5, 5.41) is 7.75. The number of anilines is 1. The minimum atomic E-state index is -0.243. The third-order valence-corrected chi connectivity index (χ3v) is 4.95. The van der Waals surface area contributed by atoms with E-state index in [1.165, 1.54) is 18.5 Å². The molecule has 0 amide bonds. The Kier molecular flexibility index (Phi) is 4.17. The van der Waals surface area contributed by atoms with E-state index >= 15 is 0 Å². The predicted molar refractivity (Wildman–Crippen MR) is 96.2 cm³/mol. The molecule has 4 rings (SSSR count). The highest BCUT2D eigenvalue weighted by Crippen LogP contribution is 2.41. The van der Waals surface area contributed by atoms with Crippen LogP contribution in [0.3, 0.4) is 0 Å². The monoisotopic (exact) mass is 402 g/mol. The summed E-state index contributed by atoms with van der Waals surface area (Å²) in [6, 6.07) is 12.4. The van der Waals surface area contributed by atoms with E-state index in [0.717, 1.165) is 27.8 Å². The molecule has 0 bridgehead atoms. The molecule has 5 nitrogen and oxygen atoms in total. The van der Waals surface area contributed by atoms with Crippen LogP contribution in [0.15, 0.2) is 53.3 Å². The van der Waals surface area contributed by atoms with Crippen LogP contribution in [-0.2, 0) is 0 Å². The largest absolute Gasteiger partial charge is 0.496 e. The van der Waals surface area contributed by atoms with Crippen molar-refractivity contribution in [1.82, 2.24) is 14.8 Å². The Morgan fingerprint density at radius 2 is 2.04 bits per heavy atom. The number of rotatable bonds is 3. The average molecular weight is 403 g/mol. The van der Waals surface area contributed by atoms with Gasteiger partial charge in [0.25, 0.3) is 0 Å². The van der Waals surface area contributed by atoms with E-state index in [9.17, 15) is 4.39 Å². The molecule has 1 N–H and O–H groups in total. The van der Waals surface area contributed by atoms with Gasteiger partial charge in [0.05, 0.1) is 19.2 Å². The lowest BCUT2D eigenvalue weighted by Crippen LogP contribution is -2.28. The van der Waals surface area contributed by atoms with Gasteiger partial charge in [-0.1, -0.05) is 28.1 Å². The van der Waals surface area contributed by atoms with Crippen molar-refractivity contribution in [2.45, 2.75) is 18.5 Å². The van der Waals surface area contributed by atoms with E-state index < -0.39 is 0 Å². The van der Waals surface area contributed by atoms with Crippen molar-refractivity contribution in [3.8, 4) is 5.75 Å². The normalized spacial score (nSPS) is 19.2. The van der Waals surface area contributed by atoms with E-state index in [0.29, 0.717) is 5.95 Å². The number of nitrogens with one attached hydrogen (secondary N) is 1. The highest BCUT2D eigenvalue weighted by molar-refractivity contribution is 9.10. The molecular weight excluding hydrogens is 387 g/mol. The minimum absolute atomic E-state index is 0.00554. The summed E-state index contributed by atoms with van der Waals surface area (Å²) in [5.41, 5.74) is 2.03. The third kappa shape index (κ3) is 3.00. The summed E-state index contributed by atoms with van der Waals surface area (Å²) in [6.07, 6.45) is 2.28. The molecule has 1 aliphatic heterocycles. The Hall–Kier alpha value is -2.41. The molecule has 2 heterocycles. The van der Waals surface area contributed by atoms with E-state index in [2.05, 4.69) is 31.3 Å². The highest BCUT2D eigenvalue weighted by Gasteiger charge is 2.31. The van der Waals surface area contributed by atoms with Crippen molar-refractivity contribution in [3.05, 3.63) is 70.2 Å². The molecule has 0 radical (unpaired) electrons. The fraction of sp³-hybridized carbons (Fsp3) is 0.222. The molecule has 25 heavy (non-hydrogen) atoms. The maximum atomic E-state index is 13.3. The van der Waals surface area contributed by atoms with Crippen LogP contribution >= 0.6 is 15.9 Å². The fourth-order valence-corrected chi connectivity index (χ4v) is 3.64. The first kappa shape index (κ1) is 16.1. The van der Waals surface area contributed by atoms with Gasteiger partial charge in [-0.15, -0.1) is 0 Å². The van der Waals surface area contributed by atoms with Gasteiger partial charge in [0, 0.05) is 10.0 Å². The molecule has 0 saturated carbocycles. The van der Waals surface area contributed by atoms with Gasteiger partial charge in [0.1, 0.15) is 17.9 Å². The number of aromatic nitrogens is 3. The van der Waals surface area contributed by atoms with Crippen molar-refractivity contribution >= 4 is 21.9 Å². The first-order valence-electron chi connectivity index (χ1n) is 7.90. The molecule has 1 aromatic heterocycles. The Labute approximate surface area is 153 Å². The number of benzene rings is 2. The smallest absolute Gasteiger partial charge is 0.222 e. The lowest BCUT2D eigenvalue weighted by atomic mass is 9.93. The summed E-state index contributed by atoms with van der Waals surface area (Å²) in [6.45, 7) is 0. The van der Waals surface area contributed by atoms with E-state index in [1.54, 1.807) is 19.2 Å². The molecular formula is C18H16BrFN4O. The molecule has 0 aliphatic carbocycles. The molecule has 3 aromatic rings. The Bertz CT molecular complexity index is 896. The molecule has 2 unspecified atom stereocenters. The molecule has 2 atom stereocenters. The van der Waals surface area contributed by atoms with E-state index in [1.807, 2.05) is 22.9 Å². The second-order valence-electron chi connectivity index (χ2n) is 5.91. The van der Waals surface area contributed by atoms with Gasteiger partial charge in [0.15, 0.2) is 0 Å². The van der Waals surface area contributed by atoms with Gasteiger partial charge < -0.3 is 10.1 Å². The van der Waals surface area contributed by atoms with Crippen LogP contribution in [0.5, 0.6) is 5.75 Å². The first-order valence-corrected chi connectivity index (χ1v) is 8.70. The summed E-state index contributed by atoms with van der Waals surface area (Å²) < 4.78 is 21.6. The standard InChI is InChI=1S/C18H16BrFN4O/c1-25-17-7-4-12(19)8-14(17)16-9-15(11-2-5-13(20)6-3-11)23-18-21-10-22-24(16)18/h2-8,10,15-16H,9H2,1H3,(H,21,22,23). The number of halogens is 2. The number of nitrogens with zero attached hydrogens (tertiary/aromatic N) is 3. The summed E-state index contributed by atoms with van der Waals surface area (Å²) in [7, 11) is 1.66. The second-order valence-corrected chi connectivity index (χ2v) is 6.83. The van der Waals surface area contributed by atoms with Crippen LogP contribution in [-0.4, -0.2) is 21.9 Å². The summed E-state index contributed by atoms with van der Waals surface area (Å²) in [5.74, 6) is 1.25. The summed E-state index contributed by atoms with van der Waals surface area (Å²) in [4.78, 5) is 4.32. The van der Waals surface area contributed by atoms with Gasteiger partial charge in [0.2, 0.25) is 5.95 Å². The van der Waals surface area contributed by atoms with Crippen molar-refractivity contribution in [2.75, 3.05) is 12.4 Å². The molecule has 2 aromatic carbocycles. The average Bonchev–Trinajstić information content (AvgIpc) is 3.10. The van der Waals surface area contributed by atoms with Crippen molar-refractivity contribution in [2.24, 2.45) is 0 Å². The lowest BCUT2D eigenvalue weighted by Gasteiger charge is -2.32. The Morgan fingerprint density at radius 1 is 1.24 bits per heavy atom. The number of hydrogen-bond acceptors (Lipinski definition) is 4. The maximum Gasteiger partial charge on any atom is 0.222 e. The van der Waals surface area contributed by atoms with Gasteiger partial charge >= 0.3 is 0 Å². The molecule has 0 spiro atoms. The van der Waals surface area contributed by atoms with Crippen LogP contribution in [0.2, 0.25) is 0 Å². The number of ether oxygens (including phenoxy) is 1. The molecule has 0 fully saturated rings. The molecule has 1 aliphatic rings. The third-order valence-electron chi connectivity index (χ3n) is 4.45. The van der Waals surface area contributed by atoms with Crippen LogP contribution < -0.4 is 10.1 Å². The van der Waals surface area contributed by atoms with Crippen LogP contribution in [0.25, 0.3) is 0 Å². The van der Waals surface area contributed by atoms with Crippen molar-refractivity contribution < 1.29 is 9.13 Å². The van der Waals surface area contributed by atoms with Gasteiger partial charge in [-0.05, 0) is 42.3 Å². The number of fused-ring (bicyclic) bond motifs is 1. The number of methoxy groups -OCH3 is 1. The van der Waals surface area contributed by atoms with E-state index in [4.69, 9.17) is 4.74 Å². The van der Waals surface area contributed by atoms with Crippen molar-refractivity contribution in [3.63, 3.8) is 0 Å². The fourth-order valence-electron chi connectivity index (χ4n) is 3.26. The lowest BCUT2D eigenvalue weighted by molar-refractivity contribution is 0.379. The van der Waals surface area contributed by atoms with Crippen LogP contribution in [0, 0.1) is 5.82 Å². The van der Waals surface area contributed by atoms with Crippen molar-refractivity contribution in [1.29, 1.82) is 0 Å². The quantitative estimate of drug-likeness (QED) is 0.707. The Morgan fingerprint density at radius 3 is 2.80 bits per heavy atom. The SMILES string of the molecule is COc1ccc(Br)cc1C1CC(c2ccc(F)cc2)Nc2ncnn21. The predicted octanol–water partition coefficient (Wildman–Crippen LogP) is 4.33. The second kappa shape index (κ2) is 6.48. The number of hydrogen-bond donors (Lipinski definition) is 1. The zero-order chi connectivity index (χ0) is 17.4. The Balaban J connectivity index is 1.77. The van der Waals surface area contributed by atoms with Gasteiger partial charge in [-0.3, -0.25) is 0 Å². The van der Waals surface area contributed by atoms with Crippen LogP contribution in [0.4, 0.5) is 10.3 Å². The zero-order valence-corrected chi connectivity index (χ0v) is 15.1. The minimum Gasteiger partial charge on any atom is -0.496 e. The van der Waals surface area contributed by atoms with Gasteiger partial charge in [-0.2, -0.15) is 10.1 Å².